The van der Waals surface area contributed by atoms with E-state index in [1.165, 1.54) is 17.0 Å². The number of ketones is 1. The van der Waals surface area contributed by atoms with Crippen molar-refractivity contribution in [2.45, 2.75) is 153 Å². The highest BCUT2D eigenvalue weighted by atomic mass is 35.5. The number of likely N-dealkylation sites (tertiary alicyclic amines) is 1. The molecule has 10 amide bonds. The van der Waals surface area contributed by atoms with Crippen LogP contribution >= 0.6 is 11.6 Å². The average molecular weight is 1320 g/mol. The molecule has 9 atom stereocenters. The Kier molecular flexibility index (Phi) is 34.5. The first-order chi connectivity index (χ1) is 44.1. The number of hydrogen-bond donors (Lipinski definition) is 17. The van der Waals surface area contributed by atoms with Crippen molar-refractivity contribution in [3.8, 4) is 5.75 Å². The monoisotopic (exact) mass is 1320 g/mol. The van der Waals surface area contributed by atoms with Crippen LogP contribution in [0.5, 0.6) is 5.75 Å². The van der Waals surface area contributed by atoms with Gasteiger partial charge in [-0.3, -0.25) is 67.7 Å². The summed E-state index contributed by atoms with van der Waals surface area (Å²) in [4.78, 5) is 165. The van der Waals surface area contributed by atoms with Gasteiger partial charge in [0.25, 0.3) is 0 Å². The van der Waals surface area contributed by atoms with Gasteiger partial charge in [0.05, 0.1) is 31.6 Å². The van der Waals surface area contributed by atoms with E-state index in [1.54, 1.807) is 70.2 Å². The lowest BCUT2D eigenvalue weighted by Crippen LogP contribution is -2.61. The van der Waals surface area contributed by atoms with Gasteiger partial charge >= 0.3 is 0 Å². The highest BCUT2D eigenvalue weighted by molar-refractivity contribution is 6.28. The number of aromatic hydroxyl groups is 1. The molecule has 2 aromatic carbocycles. The molecule has 1 saturated heterocycles. The number of phenolic OH excluding ortho intramolecular Hbond substituents is 1. The zero-order valence-electron chi connectivity index (χ0n) is 53.3. The van der Waals surface area contributed by atoms with Crippen molar-refractivity contribution in [3.63, 3.8) is 0 Å². The third kappa shape index (κ3) is 29.7. The number of nitrogens with one attached hydrogen (secondary N) is 9. The molecule has 1 fully saturated rings. The third-order valence-electron chi connectivity index (χ3n) is 14.8. The molecule has 24 N–H and O–H groups in total. The molecule has 32 nitrogen and oxygen atoms in total. The number of alkyl halides is 1. The Hall–Kier alpha value is -9.33. The number of guanidine groups is 3. The van der Waals surface area contributed by atoms with Gasteiger partial charge in [-0.15, -0.1) is 11.6 Å². The van der Waals surface area contributed by atoms with Crippen molar-refractivity contribution in [2.75, 3.05) is 51.7 Å². The first-order valence-electron chi connectivity index (χ1n) is 30.9. The molecular weight excluding hydrogens is 1230 g/mol. The van der Waals surface area contributed by atoms with E-state index < -0.39 is 132 Å². The van der Waals surface area contributed by atoms with E-state index in [0.29, 0.717) is 24.0 Å². The Morgan fingerprint density at radius 2 is 1.06 bits per heavy atom. The minimum absolute atomic E-state index is 0.00126. The van der Waals surface area contributed by atoms with Crippen molar-refractivity contribution >= 4 is 94.3 Å². The molecule has 0 aliphatic carbocycles. The molecule has 0 saturated carbocycles. The average Bonchev–Trinajstić information content (AvgIpc) is 1.89. The fraction of sp³-hybridized carbons (Fsp3) is 0.567. The summed E-state index contributed by atoms with van der Waals surface area (Å²) in [6.45, 7) is 5.79. The molecule has 3 rings (SSSR count). The van der Waals surface area contributed by atoms with Crippen LogP contribution in [0.15, 0.2) is 69.6 Å². The minimum Gasteiger partial charge on any atom is -0.508 e. The predicted molar refractivity (Wildman–Crippen MR) is 350 cm³/mol. The second-order valence-corrected chi connectivity index (χ2v) is 23.2. The van der Waals surface area contributed by atoms with E-state index in [4.69, 9.17) is 51.7 Å². The molecule has 9 unspecified atom stereocenters. The quantitative estimate of drug-likeness (QED) is 0.0130. The number of carbonyl (C=O) groups is 11. The normalized spacial score (nSPS) is 15.1. The maximum absolute atomic E-state index is 14.7. The number of nitrogens with two attached hydrogens (primary N) is 7. The van der Waals surface area contributed by atoms with Crippen LogP contribution in [-0.4, -0.2) is 193 Å². The standard InChI is InChI=1S/C60H95ClN20O12/c1-5-35(4)49(56(92)78-43(17-11-25-71-60(67)68)57(93)81-26-12-18-46(81)55(91)73-31-39(83)30-61)80-52(88)42(16-10-24-70-59(65)66)76-51(87)41(15-9-23-69-58(63)64)77-53(89)44(27-34(2)3)79-54(90)45(29-36-13-7-6-8-14-36)75-48(85)33-72-47(84)32-74-50(86)40(62)28-37-19-21-38(82)22-20-37/h6-8,13-14,19-22,34-35,40-46,49,82H,5,9-12,15-18,23-33,62H2,1-4H3,(H,72,84)(H,73,91)(H,74,86)(H,75,85)(H,76,87)(H,77,89)(H,78,92)(H,79,90)(H,80,88)(H4,63,64,69)(H4,65,66,70)(H4,67,68,71). The van der Waals surface area contributed by atoms with E-state index in [-0.39, 0.29) is 132 Å². The summed E-state index contributed by atoms with van der Waals surface area (Å²) in [6, 6.07) is 4.62. The van der Waals surface area contributed by atoms with Crippen LogP contribution in [0.4, 0.5) is 0 Å². The summed E-state index contributed by atoms with van der Waals surface area (Å²) in [6.07, 6.45) is 1.31. The zero-order chi connectivity index (χ0) is 69.2. The molecule has 93 heavy (non-hydrogen) atoms. The summed E-state index contributed by atoms with van der Waals surface area (Å²) < 4.78 is 0. The SMILES string of the molecule is CCC(C)C(NC(=O)C(CCCN=C(N)N)NC(=O)C(CCCN=C(N)N)NC(=O)C(CC(C)C)NC(=O)C(Cc1ccccc1)NC(=O)CNC(=O)CNC(=O)C(N)Cc1ccc(O)cc1)C(=O)NC(CCCN=C(N)N)C(=O)N1CCCC1C(=O)NCC(=O)CCl. The molecule has 0 spiro atoms. The molecule has 1 aliphatic rings. The Morgan fingerprint density at radius 3 is 1.60 bits per heavy atom. The van der Waals surface area contributed by atoms with Gasteiger partial charge in [0.2, 0.25) is 59.1 Å². The summed E-state index contributed by atoms with van der Waals surface area (Å²) in [7, 11) is 0. The fourth-order valence-corrected chi connectivity index (χ4v) is 9.81. The van der Waals surface area contributed by atoms with Gasteiger partial charge in [-0.1, -0.05) is 76.6 Å². The minimum atomic E-state index is -1.42. The zero-order valence-corrected chi connectivity index (χ0v) is 54.0. The second kappa shape index (κ2) is 41.2. The maximum Gasteiger partial charge on any atom is 0.245 e. The largest absolute Gasteiger partial charge is 0.508 e. The van der Waals surface area contributed by atoms with Gasteiger partial charge in [-0.25, -0.2) is 0 Å². The highest BCUT2D eigenvalue weighted by Crippen LogP contribution is 2.21. The van der Waals surface area contributed by atoms with Crippen molar-refractivity contribution in [1.29, 1.82) is 0 Å². The summed E-state index contributed by atoms with van der Waals surface area (Å²) in [5, 5.41) is 33.2. The number of aliphatic imine (C=N–C) groups is 3. The van der Waals surface area contributed by atoms with Crippen LogP contribution in [0.2, 0.25) is 0 Å². The van der Waals surface area contributed by atoms with Crippen LogP contribution in [0.1, 0.15) is 103 Å². The van der Waals surface area contributed by atoms with Gasteiger partial charge in [0.15, 0.2) is 23.7 Å². The van der Waals surface area contributed by atoms with Crippen molar-refractivity contribution < 1.29 is 57.8 Å². The number of carbonyl (C=O) groups excluding carboxylic acids is 11. The number of Topliss-reactive ketones (excluding diaryl/α,β-unsaturated/α-hetero) is 1. The number of phenols is 1. The van der Waals surface area contributed by atoms with Crippen LogP contribution in [0.3, 0.4) is 0 Å². The highest BCUT2D eigenvalue weighted by Gasteiger charge is 2.40. The van der Waals surface area contributed by atoms with Crippen LogP contribution < -0.4 is 88.0 Å². The number of amides is 10. The van der Waals surface area contributed by atoms with E-state index in [0.717, 1.165) is 0 Å². The van der Waals surface area contributed by atoms with Crippen molar-refractivity contribution in [2.24, 2.45) is 66.9 Å². The molecule has 2 aromatic rings. The molecular formula is C60H95ClN20O12. The summed E-state index contributed by atoms with van der Waals surface area (Å²) >= 11 is 5.63. The van der Waals surface area contributed by atoms with E-state index in [1.807, 2.05) is 0 Å². The molecule has 0 aromatic heterocycles. The third-order valence-corrected chi connectivity index (χ3v) is 15.1. The van der Waals surface area contributed by atoms with Crippen molar-refractivity contribution in [1.82, 2.24) is 52.8 Å². The first kappa shape index (κ1) is 77.9. The fourth-order valence-electron chi connectivity index (χ4n) is 9.72. The number of benzene rings is 2. The lowest BCUT2D eigenvalue weighted by molar-refractivity contribution is -0.142. The topological polar surface area (TPSA) is 539 Å². The summed E-state index contributed by atoms with van der Waals surface area (Å²) in [5.74, 6) is -9.75. The maximum atomic E-state index is 14.7. The lowest BCUT2D eigenvalue weighted by Gasteiger charge is -2.31. The lowest BCUT2D eigenvalue weighted by atomic mass is 9.96. The Bertz CT molecular complexity index is 2910. The first-order valence-corrected chi connectivity index (χ1v) is 31.4. The van der Waals surface area contributed by atoms with Crippen LogP contribution in [0.25, 0.3) is 0 Å². The molecule has 0 bridgehead atoms. The molecule has 0 radical (unpaired) electrons. The smallest absolute Gasteiger partial charge is 0.245 e. The van der Waals surface area contributed by atoms with Gasteiger partial charge in [0, 0.05) is 32.6 Å². The number of rotatable bonds is 41. The van der Waals surface area contributed by atoms with Gasteiger partial charge in [-0.05, 0) is 99.3 Å². The van der Waals surface area contributed by atoms with E-state index in [9.17, 15) is 57.8 Å². The Morgan fingerprint density at radius 1 is 0.570 bits per heavy atom. The second-order valence-electron chi connectivity index (χ2n) is 23.0. The van der Waals surface area contributed by atoms with Crippen LogP contribution in [-0.2, 0) is 65.6 Å². The summed E-state index contributed by atoms with van der Waals surface area (Å²) in [5.41, 5.74) is 40.8. The van der Waals surface area contributed by atoms with Crippen molar-refractivity contribution in [3.05, 3.63) is 65.7 Å². The predicted octanol–water partition coefficient (Wildman–Crippen LogP) is -4.19. The van der Waals surface area contributed by atoms with E-state index in [2.05, 4.69) is 62.8 Å². The molecule has 1 heterocycles. The number of hydrogen-bond acceptors (Lipinski definition) is 16. The number of nitrogens with zero attached hydrogens (tertiary/aromatic N) is 4. The van der Waals surface area contributed by atoms with Gasteiger partial charge < -0.3 is 98.0 Å². The van der Waals surface area contributed by atoms with Gasteiger partial charge in [-0.2, -0.15) is 0 Å². The Balaban J connectivity index is 1.91. The van der Waals surface area contributed by atoms with Gasteiger partial charge in [0.1, 0.15) is 48.0 Å². The van der Waals surface area contributed by atoms with Crippen LogP contribution in [0, 0.1) is 11.8 Å². The molecule has 1 aliphatic heterocycles. The molecule has 514 valence electrons. The molecule has 33 heteroatoms. The van der Waals surface area contributed by atoms with E-state index >= 15 is 0 Å². The Labute approximate surface area is 546 Å². The number of halogens is 1.